The zero-order valence-electron chi connectivity index (χ0n) is 9.11. The summed E-state index contributed by atoms with van der Waals surface area (Å²) in [5.41, 5.74) is 1.79. The minimum atomic E-state index is -0.840. The van der Waals surface area contributed by atoms with Gasteiger partial charge in [-0.3, -0.25) is 4.79 Å². The van der Waals surface area contributed by atoms with Gasteiger partial charge in [0.2, 0.25) is 6.10 Å². The first-order valence-electron chi connectivity index (χ1n) is 4.85. The van der Waals surface area contributed by atoms with Gasteiger partial charge in [-0.1, -0.05) is 45.8 Å². The third-order valence-electron chi connectivity index (χ3n) is 2.06. The number of hydrogen-bond acceptors (Lipinski definition) is 3. The van der Waals surface area contributed by atoms with Crippen LogP contribution < -0.4 is 0 Å². The van der Waals surface area contributed by atoms with Gasteiger partial charge in [0.1, 0.15) is 10.9 Å². The molecule has 0 aromatic heterocycles. The molecule has 2 atom stereocenters. The van der Waals surface area contributed by atoms with Crippen LogP contribution in [0.15, 0.2) is 24.3 Å². The highest BCUT2D eigenvalue weighted by molar-refractivity contribution is 9.10. The van der Waals surface area contributed by atoms with Crippen molar-refractivity contribution in [3.8, 4) is 6.07 Å². The van der Waals surface area contributed by atoms with E-state index in [1.165, 1.54) is 0 Å². The van der Waals surface area contributed by atoms with Crippen molar-refractivity contribution >= 4 is 21.9 Å². The molecule has 0 aliphatic carbocycles. The van der Waals surface area contributed by atoms with E-state index >= 15 is 0 Å². The summed E-state index contributed by atoms with van der Waals surface area (Å²) >= 11 is 3.10. The fraction of sp³-hybridized carbons (Fsp3) is 0.333. The van der Waals surface area contributed by atoms with Gasteiger partial charge in [0.15, 0.2) is 0 Å². The second-order valence-corrected chi connectivity index (χ2v) is 4.85. The van der Waals surface area contributed by atoms with Crippen LogP contribution in [0, 0.1) is 18.3 Å². The van der Waals surface area contributed by atoms with Crippen LogP contribution in [0.3, 0.4) is 0 Å². The number of benzene rings is 1. The highest BCUT2D eigenvalue weighted by Crippen LogP contribution is 2.18. The Bertz CT molecular complexity index is 406. The predicted octanol–water partition coefficient (Wildman–Crippen LogP) is 2.89. The van der Waals surface area contributed by atoms with Crippen LogP contribution in [-0.4, -0.2) is 10.8 Å². The minimum Gasteiger partial charge on any atom is -0.441 e. The first-order chi connectivity index (χ1) is 7.54. The SMILES string of the molecule is Cc1ccc(C(C#N)OC(=O)C(C)Br)cc1. The van der Waals surface area contributed by atoms with E-state index in [-0.39, 0.29) is 0 Å². The number of rotatable bonds is 3. The fourth-order valence-electron chi connectivity index (χ4n) is 1.12. The van der Waals surface area contributed by atoms with Gasteiger partial charge in [0.25, 0.3) is 0 Å². The largest absolute Gasteiger partial charge is 0.441 e. The lowest BCUT2D eigenvalue weighted by molar-refractivity contribution is -0.145. The standard InChI is InChI=1S/C12H12BrNO2/c1-8-3-5-10(6-4-8)11(7-14)16-12(15)9(2)13/h3-6,9,11H,1-2H3. The van der Waals surface area contributed by atoms with Crippen LogP contribution >= 0.6 is 15.9 Å². The smallest absolute Gasteiger partial charge is 0.321 e. The second kappa shape index (κ2) is 5.66. The fourth-order valence-corrected chi connectivity index (χ4v) is 1.23. The van der Waals surface area contributed by atoms with Crippen molar-refractivity contribution in [2.24, 2.45) is 0 Å². The third kappa shape index (κ3) is 3.35. The van der Waals surface area contributed by atoms with E-state index in [0.717, 1.165) is 5.56 Å². The molecule has 4 heteroatoms. The van der Waals surface area contributed by atoms with Crippen LogP contribution in [0.2, 0.25) is 0 Å². The average molecular weight is 282 g/mol. The molecule has 84 valence electrons. The Morgan fingerprint density at radius 3 is 2.44 bits per heavy atom. The number of ether oxygens (including phenoxy) is 1. The Balaban J connectivity index is 2.80. The Kier molecular flexibility index (Phi) is 4.51. The summed E-state index contributed by atoms with van der Waals surface area (Å²) in [4.78, 5) is 10.9. The molecule has 3 nitrogen and oxygen atoms in total. The Hall–Kier alpha value is -1.34. The monoisotopic (exact) mass is 281 g/mol. The lowest BCUT2D eigenvalue weighted by Crippen LogP contribution is -2.17. The molecule has 16 heavy (non-hydrogen) atoms. The molecule has 1 aromatic carbocycles. The normalized spacial score (nSPS) is 13.6. The summed E-state index contributed by atoms with van der Waals surface area (Å²) < 4.78 is 5.04. The van der Waals surface area contributed by atoms with Crippen LogP contribution in [0.1, 0.15) is 24.2 Å². The summed E-state index contributed by atoms with van der Waals surface area (Å²) in [5, 5.41) is 8.94. The van der Waals surface area contributed by atoms with Gasteiger partial charge in [-0.05, 0) is 13.8 Å². The molecule has 1 rings (SSSR count). The minimum absolute atomic E-state index is 0.409. The average Bonchev–Trinajstić information content (AvgIpc) is 2.26. The number of carbonyl (C=O) groups is 1. The zero-order chi connectivity index (χ0) is 12.1. The summed E-state index contributed by atoms with van der Waals surface area (Å²) in [7, 11) is 0. The number of hydrogen-bond donors (Lipinski definition) is 0. The lowest BCUT2D eigenvalue weighted by atomic mass is 10.1. The Morgan fingerprint density at radius 1 is 1.44 bits per heavy atom. The van der Waals surface area contributed by atoms with Crippen LogP contribution in [0.4, 0.5) is 0 Å². The predicted molar refractivity (Wildman–Crippen MR) is 64.0 cm³/mol. The van der Waals surface area contributed by atoms with Crippen molar-refractivity contribution in [1.29, 1.82) is 5.26 Å². The van der Waals surface area contributed by atoms with Gasteiger partial charge in [0.05, 0.1) is 0 Å². The van der Waals surface area contributed by atoms with Gasteiger partial charge in [-0.2, -0.15) is 5.26 Å². The van der Waals surface area contributed by atoms with Gasteiger partial charge >= 0.3 is 5.97 Å². The van der Waals surface area contributed by atoms with Crippen LogP contribution in [-0.2, 0) is 9.53 Å². The molecule has 1 aromatic rings. The highest BCUT2D eigenvalue weighted by Gasteiger charge is 2.18. The number of halogens is 1. The molecule has 0 aliphatic heterocycles. The number of alkyl halides is 1. The number of aryl methyl sites for hydroxylation is 1. The molecular formula is C12H12BrNO2. The van der Waals surface area contributed by atoms with Crippen molar-refractivity contribution in [2.45, 2.75) is 24.8 Å². The molecule has 2 unspecified atom stereocenters. The quantitative estimate of drug-likeness (QED) is 0.632. The number of esters is 1. The molecule has 0 saturated carbocycles. The second-order valence-electron chi connectivity index (χ2n) is 3.47. The molecule has 0 saturated heterocycles. The first-order valence-corrected chi connectivity index (χ1v) is 5.77. The summed E-state index contributed by atoms with van der Waals surface area (Å²) in [5.74, 6) is -0.438. The molecule has 0 spiro atoms. The van der Waals surface area contributed by atoms with E-state index < -0.39 is 16.9 Å². The topological polar surface area (TPSA) is 50.1 Å². The van der Waals surface area contributed by atoms with E-state index in [1.807, 2.05) is 25.1 Å². The maximum Gasteiger partial charge on any atom is 0.321 e. The van der Waals surface area contributed by atoms with Gasteiger partial charge in [0, 0.05) is 5.56 Å². The van der Waals surface area contributed by atoms with Crippen molar-refractivity contribution in [2.75, 3.05) is 0 Å². The Morgan fingerprint density at radius 2 is 2.00 bits per heavy atom. The third-order valence-corrected chi connectivity index (χ3v) is 2.43. The van der Waals surface area contributed by atoms with E-state index in [4.69, 9.17) is 10.00 Å². The molecule has 0 aliphatic rings. The first kappa shape index (κ1) is 12.7. The van der Waals surface area contributed by atoms with Crippen molar-refractivity contribution < 1.29 is 9.53 Å². The van der Waals surface area contributed by atoms with Gasteiger partial charge in [-0.25, -0.2) is 0 Å². The van der Waals surface area contributed by atoms with Crippen LogP contribution in [0.25, 0.3) is 0 Å². The van der Waals surface area contributed by atoms with E-state index in [0.29, 0.717) is 5.56 Å². The van der Waals surface area contributed by atoms with E-state index in [9.17, 15) is 4.79 Å². The molecule has 0 bridgehead atoms. The van der Waals surface area contributed by atoms with Crippen molar-refractivity contribution in [3.63, 3.8) is 0 Å². The molecule has 0 heterocycles. The summed E-state index contributed by atoms with van der Waals surface area (Å²) in [6.07, 6.45) is -0.840. The zero-order valence-corrected chi connectivity index (χ0v) is 10.7. The highest BCUT2D eigenvalue weighted by atomic mass is 79.9. The Labute approximate surface area is 103 Å². The van der Waals surface area contributed by atoms with E-state index in [2.05, 4.69) is 15.9 Å². The van der Waals surface area contributed by atoms with Gasteiger partial charge in [-0.15, -0.1) is 0 Å². The molecule has 0 radical (unpaired) electrons. The van der Waals surface area contributed by atoms with Gasteiger partial charge < -0.3 is 4.74 Å². The molecule has 0 fully saturated rings. The van der Waals surface area contributed by atoms with Crippen molar-refractivity contribution in [1.82, 2.24) is 0 Å². The van der Waals surface area contributed by atoms with E-state index in [1.54, 1.807) is 19.1 Å². The maximum absolute atomic E-state index is 11.3. The lowest BCUT2D eigenvalue weighted by Gasteiger charge is -2.12. The maximum atomic E-state index is 11.3. The molecule has 0 N–H and O–H groups in total. The molecule has 0 amide bonds. The summed E-state index contributed by atoms with van der Waals surface area (Å²) in [6, 6.07) is 9.29. The van der Waals surface area contributed by atoms with Crippen molar-refractivity contribution in [3.05, 3.63) is 35.4 Å². The number of carbonyl (C=O) groups excluding carboxylic acids is 1. The summed E-state index contributed by atoms with van der Waals surface area (Å²) in [6.45, 7) is 3.61. The number of nitrogens with zero attached hydrogens (tertiary/aromatic N) is 1. The molecular weight excluding hydrogens is 270 g/mol. The number of nitriles is 1. The van der Waals surface area contributed by atoms with Crippen LogP contribution in [0.5, 0.6) is 0 Å².